The number of anilines is 2. The van der Waals surface area contributed by atoms with Crippen molar-refractivity contribution in [3.63, 3.8) is 0 Å². The van der Waals surface area contributed by atoms with Crippen LogP contribution >= 0.6 is 23.2 Å². The normalized spacial score (nSPS) is 19.9. The summed E-state index contributed by atoms with van der Waals surface area (Å²) in [5, 5.41) is 10.5. The fourth-order valence-electron chi connectivity index (χ4n) is 8.19. The molecule has 3 N–H and O–H groups in total. The number of nitrogens with one attached hydrogen (secondary N) is 3. The molecule has 0 saturated carbocycles. The summed E-state index contributed by atoms with van der Waals surface area (Å²) in [5.74, 6) is 0.875. The van der Waals surface area contributed by atoms with E-state index in [1.807, 2.05) is 30.3 Å². The molecule has 3 aliphatic rings. The number of halogens is 2. The van der Waals surface area contributed by atoms with Gasteiger partial charge in [-0.1, -0.05) is 53.5 Å². The number of ether oxygens (including phenoxy) is 1. The van der Waals surface area contributed by atoms with Gasteiger partial charge >= 0.3 is 11.7 Å². The van der Waals surface area contributed by atoms with Crippen LogP contribution in [0.5, 0.6) is 5.88 Å². The number of carbonyl (C=O) groups is 1. The third kappa shape index (κ3) is 5.60. The molecule has 2 saturated heterocycles. The Morgan fingerprint density at radius 3 is 2.48 bits per heavy atom. The molecule has 1 aliphatic carbocycles. The zero-order chi connectivity index (χ0) is 36.5. The molecule has 2 aliphatic heterocycles. The van der Waals surface area contributed by atoms with Crippen LogP contribution in [0, 0.1) is 6.92 Å². The lowest BCUT2D eigenvalue weighted by molar-refractivity contribution is 0.187. The van der Waals surface area contributed by atoms with Crippen LogP contribution in [0.4, 0.5) is 16.3 Å². The van der Waals surface area contributed by atoms with Gasteiger partial charge in [0, 0.05) is 67.7 Å². The molecule has 0 radical (unpaired) electrons. The summed E-state index contributed by atoms with van der Waals surface area (Å²) in [7, 11) is 4.72. The second kappa shape index (κ2) is 12.9. The molecule has 2 aromatic carbocycles. The van der Waals surface area contributed by atoms with Crippen molar-refractivity contribution in [1.29, 1.82) is 0 Å². The number of nitrogens with zero attached hydrogens (tertiary/aromatic N) is 5. The number of likely N-dealkylation sites (tertiary alicyclic amines) is 1. The predicted octanol–water partition coefficient (Wildman–Crippen LogP) is 5.86. The number of carbonyl (C=O) groups excluding carboxylic acids is 1. The lowest BCUT2D eigenvalue weighted by Gasteiger charge is -2.36. The monoisotopic (exact) mass is 740 g/mol. The highest BCUT2D eigenvalue weighted by Gasteiger charge is 2.45. The van der Waals surface area contributed by atoms with E-state index in [0.29, 0.717) is 62.0 Å². The highest BCUT2D eigenvalue weighted by atomic mass is 35.5. The molecule has 2 amide bonds. The largest absolute Gasteiger partial charge is 0.481 e. The standard InChI is InChI=1S/C38H38Cl2N8O4/c1-20-17-28-30(35(49)47(3)37(51)46(28)2)33(42-20)43-25-10-6-8-23(32(25)40)22-7-5-9-24(31(22)39)26-18-21-11-12-27(29(21)34(44-26)52-4)48-16-14-38(19-48)13-15-41-36(50)45-38/h5-10,17-18,27H,11-16,19H2,1-4H3,(H,42,43)(H2,41,45,50)/t27-,38-/m1/s1. The van der Waals surface area contributed by atoms with E-state index >= 15 is 0 Å². The first-order chi connectivity index (χ1) is 25.0. The highest BCUT2D eigenvalue weighted by Crippen LogP contribution is 2.47. The van der Waals surface area contributed by atoms with Crippen LogP contribution < -0.4 is 31.9 Å². The zero-order valence-corrected chi connectivity index (χ0v) is 30.8. The summed E-state index contributed by atoms with van der Waals surface area (Å²) in [4.78, 5) is 50.2. The average Bonchev–Trinajstić information content (AvgIpc) is 3.74. The Morgan fingerprint density at radius 1 is 0.962 bits per heavy atom. The Labute approximate surface area is 309 Å². The van der Waals surface area contributed by atoms with E-state index in [1.165, 1.54) is 17.2 Å². The van der Waals surface area contributed by atoms with Gasteiger partial charge in [-0.3, -0.25) is 18.8 Å². The third-order valence-electron chi connectivity index (χ3n) is 10.8. The Bertz CT molecular complexity index is 2430. The number of rotatable bonds is 6. The molecule has 14 heteroatoms. The quantitative estimate of drug-likeness (QED) is 0.197. The predicted molar refractivity (Wildman–Crippen MR) is 203 cm³/mol. The van der Waals surface area contributed by atoms with Gasteiger partial charge in [-0.25, -0.2) is 19.6 Å². The molecule has 5 heterocycles. The van der Waals surface area contributed by atoms with Gasteiger partial charge in [0.2, 0.25) is 5.88 Å². The topological polar surface area (TPSA) is 135 Å². The molecule has 12 nitrogen and oxygen atoms in total. The molecular weight excluding hydrogens is 703 g/mol. The first-order valence-corrected chi connectivity index (χ1v) is 18.0. The lowest BCUT2D eigenvalue weighted by Crippen LogP contribution is -2.59. The lowest BCUT2D eigenvalue weighted by atomic mass is 9.93. The molecule has 0 unspecified atom stereocenters. The minimum Gasteiger partial charge on any atom is -0.481 e. The molecule has 2 fully saturated rings. The maximum Gasteiger partial charge on any atom is 0.330 e. The van der Waals surface area contributed by atoms with Crippen LogP contribution in [0.2, 0.25) is 10.0 Å². The van der Waals surface area contributed by atoms with Crippen molar-refractivity contribution >= 4 is 51.6 Å². The van der Waals surface area contributed by atoms with E-state index in [4.69, 9.17) is 32.9 Å². The fourth-order valence-corrected chi connectivity index (χ4v) is 8.79. The first kappa shape index (κ1) is 34.2. The van der Waals surface area contributed by atoms with E-state index in [1.54, 1.807) is 33.2 Å². The van der Waals surface area contributed by atoms with Crippen molar-refractivity contribution in [3.8, 4) is 28.3 Å². The maximum atomic E-state index is 13.3. The van der Waals surface area contributed by atoms with E-state index in [9.17, 15) is 14.4 Å². The molecule has 0 bridgehead atoms. The van der Waals surface area contributed by atoms with Crippen molar-refractivity contribution in [2.45, 2.75) is 44.2 Å². The van der Waals surface area contributed by atoms with Crippen LogP contribution in [-0.4, -0.2) is 62.3 Å². The Balaban J connectivity index is 1.13. The van der Waals surface area contributed by atoms with Crippen molar-refractivity contribution in [3.05, 3.63) is 96.2 Å². The minimum atomic E-state index is -0.459. The van der Waals surface area contributed by atoms with E-state index < -0.39 is 11.2 Å². The van der Waals surface area contributed by atoms with Crippen LogP contribution in [0.25, 0.3) is 33.3 Å². The molecule has 8 rings (SSSR count). The van der Waals surface area contributed by atoms with Crippen molar-refractivity contribution in [1.82, 2.24) is 34.6 Å². The van der Waals surface area contributed by atoms with Crippen molar-refractivity contribution in [2.24, 2.45) is 14.1 Å². The fraction of sp³-hybridized carbons (Fsp3) is 0.342. The minimum absolute atomic E-state index is 0.0923. The number of aromatic nitrogens is 4. The number of urea groups is 1. The molecule has 3 aromatic heterocycles. The number of fused-ring (bicyclic) bond motifs is 2. The van der Waals surface area contributed by atoms with Gasteiger partial charge < -0.3 is 20.7 Å². The van der Waals surface area contributed by atoms with Gasteiger partial charge in [0.1, 0.15) is 11.2 Å². The van der Waals surface area contributed by atoms with E-state index in [0.717, 1.165) is 54.5 Å². The van der Waals surface area contributed by atoms with Gasteiger partial charge in [-0.05, 0) is 56.4 Å². The Kier molecular flexibility index (Phi) is 8.51. The summed E-state index contributed by atoms with van der Waals surface area (Å²) in [6.45, 7) is 4.18. The number of benzene rings is 2. The van der Waals surface area contributed by atoms with E-state index in [2.05, 4.69) is 31.9 Å². The Hall–Kier alpha value is -4.91. The molecular formula is C38H38Cl2N8O4. The van der Waals surface area contributed by atoms with Gasteiger partial charge in [0.15, 0.2) is 0 Å². The SMILES string of the molecule is COc1nc(-c2cccc(-c3cccc(Nc4nc(C)cc5c4c(=O)n(C)c(=O)n5C)c3Cl)c2Cl)cc2c1[C@H](N1CC[C@]3(CCNC(=O)N3)C1)CC2. The van der Waals surface area contributed by atoms with Crippen LogP contribution in [-0.2, 0) is 20.5 Å². The summed E-state index contributed by atoms with van der Waals surface area (Å²) >= 11 is 14.3. The number of pyridine rings is 2. The Morgan fingerprint density at radius 2 is 1.71 bits per heavy atom. The van der Waals surface area contributed by atoms with Gasteiger partial charge in [-0.2, -0.15) is 0 Å². The van der Waals surface area contributed by atoms with Crippen LogP contribution in [0.15, 0.2) is 58.1 Å². The molecule has 1 spiro atoms. The highest BCUT2D eigenvalue weighted by molar-refractivity contribution is 6.39. The summed E-state index contributed by atoms with van der Waals surface area (Å²) < 4.78 is 8.43. The van der Waals surface area contributed by atoms with Crippen molar-refractivity contribution < 1.29 is 9.53 Å². The van der Waals surface area contributed by atoms with Crippen molar-refractivity contribution in [2.75, 3.05) is 32.1 Å². The van der Waals surface area contributed by atoms with Crippen LogP contribution in [0.3, 0.4) is 0 Å². The van der Waals surface area contributed by atoms with Gasteiger partial charge in [0.25, 0.3) is 5.56 Å². The number of amides is 2. The summed E-state index contributed by atoms with van der Waals surface area (Å²) in [6, 6.07) is 15.2. The second-order valence-corrected chi connectivity index (χ2v) is 14.7. The molecule has 268 valence electrons. The average molecular weight is 742 g/mol. The smallest absolute Gasteiger partial charge is 0.330 e. The number of hydrogen-bond donors (Lipinski definition) is 3. The molecule has 5 aromatic rings. The van der Waals surface area contributed by atoms with E-state index in [-0.39, 0.29) is 23.0 Å². The number of methoxy groups -OCH3 is 1. The maximum absolute atomic E-state index is 13.3. The van der Waals surface area contributed by atoms with Crippen LogP contribution in [0.1, 0.15) is 42.1 Å². The molecule has 52 heavy (non-hydrogen) atoms. The number of hydrogen-bond acceptors (Lipinski definition) is 8. The first-order valence-electron chi connectivity index (χ1n) is 17.3. The van der Waals surface area contributed by atoms with Gasteiger partial charge in [-0.15, -0.1) is 0 Å². The summed E-state index contributed by atoms with van der Waals surface area (Å²) in [5.41, 5.74) is 5.64. The van der Waals surface area contributed by atoms with Gasteiger partial charge in [0.05, 0.1) is 39.6 Å². The molecule has 2 atom stereocenters. The number of aryl methyl sites for hydroxylation is 3. The zero-order valence-electron chi connectivity index (χ0n) is 29.3. The second-order valence-electron chi connectivity index (χ2n) is 13.9. The third-order valence-corrected chi connectivity index (χ3v) is 11.6. The summed E-state index contributed by atoms with van der Waals surface area (Å²) in [6.07, 6.45) is 3.64.